The van der Waals surface area contributed by atoms with Gasteiger partial charge in [-0.05, 0) is 18.2 Å². The zero-order valence-corrected chi connectivity index (χ0v) is 17.5. The van der Waals surface area contributed by atoms with Gasteiger partial charge in [0.15, 0.2) is 11.7 Å². The van der Waals surface area contributed by atoms with Gasteiger partial charge in [0.05, 0.1) is 13.3 Å². The fraction of sp³-hybridized carbons (Fsp3) is 0.292. The van der Waals surface area contributed by atoms with Gasteiger partial charge in [-0.1, -0.05) is 36.4 Å². The van der Waals surface area contributed by atoms with Crippen molar-refractivity contribution in [3.8, 4) is 17.1 Å². The van der Waals surface area contributed by atoms with Crippen LogP contribution in [0, 0.1) is 0 Å². The minimum Gasteiger partial charge on any atom is -0.497 e. The summed E-state index contributed by atoms with van der Waals surface area (Å²) in [5.74, 6) is 1.92. The molecule has 0 aliphatic carbocycles. The molecule has 1 aromatic heterocycles. The van der Waals surface area contributed by atoms with Gasteiger partial charge in [0, 0.05) is 50.1 Å². The van der Waals surface area contributed by atoms with Crippen LogP contribution in [0.15, 0.2) is 65.2 Å². The van der Waals surface area contributed by atoms with Gasteiger partial charge in [-0.15, -0.1) is 0 Å². The predicted molar refractivity (Wildman–Crippen MR) is 116 cm³/mol. The van der Waals surface area contributed by atoms with Gasteiger partial charge in [-0.2, -0.15) is 0 Å². The average Bonchev–Trinajstić information content (AvgIpc) is 3.32. The van der Waals surface area contributed by atoms with Crippen LogP contribution < -0.4 is 4.74 Å². The van der Waals surface area contributed by atoms with E-state index in [2.05, 4.69) is 4.98 Å². The molecule has 2 heterocycles. The molecule has 7 nitrogen and oxygen atoms in total. The molecule has 2 amide bonds. The largest absolute Gasteiger partial charge is 0.497 e. The van der Waals surface area contributed by atoms with Crippen LogP contribution in [0.5, 0.6) is 5.75 Å². The zero-order valence-electron chi connectivity index (χ0n) is 17.5. The first kappa shape index (κ1) is 20.7. The second-order valence-electron chi connectivity index (χ2n) is 7.39. The number of amides is 2. The number of nitrogens with zero attached hydrogens (tertiary/aromatic N) is 3. The zero-order chi connectivity index (χ0) is 21.6. The number of benzene rings is 2. The predicted octanol–water partition coefficient (Wildman–Crippen LogP) is 3.27. The van der Waals surface area contributed by atoms with Crippen molar-refractivity contribution in [3.63, 3.8) is 0 Å². The normalized spacial score (nSPS) is 13.8. The number of aryl methyl sites for hydroxylation is 1. The molecule has 3 aromatic rings. The van der Waals surface area contributed by atoms with Crippen LogP contribution in [0.2, 0.25) is 0 Å². The maximum atomic E-state index is 12.7. The fourth-order valence-corrected chi connectivity index (χ4v) is 3.63. The number of aromatic nitrogens is 1. The smallest absolute Gasteiger partial charge is 0.254 e. The lowest BCUT2D eigenvalue weighted by Gasteiger charge is -2.34. The Labute approximate surface area is 181 Å². The van der Waals surface area contributed by atoms with Crippen molar-refractivity contribution in [3.05, 3.63) is 72.2 Å². The highest BCUT2D eigenvalue weighted by Gasteiger charge is 2.25. The quantitative estimate of drug-likeness (QED) is 0.613. The molecule has 0 saturated carbocycles. The maximum Gasteiger partial charge on any atom is 0.254 e. The Morgan fingerprint density at radius 1 is 1.00 bits per heavy atom. The Bertz CT molecular complexity index is 1040. The third-order valence-electron chi connectivity index (χ3n) is 5.40. The van der Waals surface area contributed by atoms with Crippen LogP contribution in [0.3, 0.4) is 0 Å². The molecule has 160 valence electrons. The molecule has 1 aliphatic heterocycles. The number of carbonyl (C=O) groups is 2. The summed E-state index contributed by atoms with van der Waals surface area (Å²) in [4.78, 5) is 33.2. The first-order chi connectivity index (χ1) is 15.1. The molecule has 1 aliphatic rings. The Balaban J connectivity index is 1.27. The van der Waals surface area contributed by atoms with Crippen LogP contribution in [0.25, 0.3) is 11.3 Å². The van der Waals surface area contributed by atoms with E-state index in [9.17, 15) is 9.59 Å². The Hall–Kier alpha value is -3.61. The molecule has 1 fully saturated rings. The summed E-state index contributed by atoms with van der Waals surface area (Å²) in [5.41, 5.74) is 1.56. The lowest BCUT2D eigenvalue weighted by atomic mass is 10.1. The van der Waals surface area contributed by atoms with E-state index in [-0.39, 0.29) is 11.8 Å². The van der Waals surface area contributed by atoms with Crippen LogP contribution in [-0.4, -0.2) is 59.9 Å². The van der Waals surface area contributed by atoms with Crippen molar-refractivity contribution in [1.29, 1.82) is 0 Å². The second-order valence-corrected chi connectivity index (χ2v) is 7.39. The Kier molecular flexibility index (Phi) is 6.31. The van der Waals surface area contributed by atoms with Gasteiger partial charge in [0.2, 0.25) is 5.91 Å². The maximum absolute atomic E-state index is 12.7. The summed E-state index contributed by atoms with van der Waals surface area (Å²) in [6.07, 6.45) is 2.48. The number of piperazine rings is 1. The SMILES string of the molecule is COc1cccc(C(=O)N2CCN(C(=O)CCc3ncc(-c4ccccc4)o3)CC2)c1. The van der Waals surface area contributed by atoms with Crippen molar-refractivity contribution in [1.82, 2.24) is 14.8 Å². The van der Waals surface area contributed by atoms with Crippen LogP contribution in [0.1, 0.15) is 22.7 Å². The monoisotopic (exact) mass is 419 g/mol. The molecule has 7 heteroatoms. The average molecular weight is 419 g/mol. The van der Waals surface area contributed by atoms with Crippen LogP contribution >= 0.6 is 0 Å². The lowest BCUT2D eigenvalue weighted by molar-refractivity contribution is -0.132. The number of rotatable bonds is 6. The Morgan fingerprint density at radius 3 is 2.48 bits per heavy atom. The molecule has 0 unspecified atom stereocenters. The fourth-order valence-electron chi connectivity index (χ4n) is 3.63. The summed E-state index contributed by atoms with van der Waals surface area (Å²) < 4.78 is 11.0. The van der Waals surface area contributed by atoms with Crippen molar-refractivity contribution in [2.24, 2.45) is 0 Å². The molecule has 4 rings (SSSR count). The highest BCUT2D eigenvalue weighted by Crippen LogP contribution is 2.21. The second kappa shape index (κ2) is 9.47. The van der Waals surface area contributed by atoms with Crippen molar-refractivity contribution in [2.75, 3.05) is 33.3 Å². The summed E-state index contributed by atoms with van der Waals surface area (Å²) in [6, 6.07) is 16.9. The number of hydrogen-bond acceptors (Lipinski definition) is 5. The number of hydrogen-bond donors (Lipinski definition) is 0. The topological polar surface area (TPSA) is 75.9 Å². The molecule has 31 heavy (non-hydrogen) atoms. The van der Waals surface area contributed by atoms with E-state index in [4.69, 9.17) is 9.15 Å². The number of carbonyl (C=O) groups excluding carboxylic acids is 2. The Morgan fingerprint density at radius 2 is 1.74 bits per heavy atom. The lowest BCUT2D eigenvalue weighted by Crippen LogP contribution is -2.50. The van der Waals surface area contributed by atoms with Gasteiger partial charge < -0.3 is 19.0 Å². The minimum atomic E-state index is -0.0424. The van der Waals surface area contributed by atoms with E-state index in [1.54, 1.807) is 41.3 Å². The minimum absolute atomic E-state index is 0.0424. The van der Waals surface area contributed by atoms with E-state index in [1.165, 1.54) is 0 Å². The number of oxazole rings is 1. The summed E-state index contributed by atoms with van der Waals surface area (Å²) in [6.45, 7) is 2.07. The molecule has 0 spiro atoms. The van der Waals surface area contributed by atoms with E-state index >= 15 is 0 Å². The molecule has 0 N–H and O–H groups in total. The molecule has 2 aromatic carbocycles. The molecule has 1 saturated heterocycles. The number of ether oxygens (including phenoxy) is 1. The van der Waals surface area contributed by atoms with Gasteiger partial charge in [0.1, 0.15) is 5.75 Å². The van der Waals surface area contributed by atoms with E-state index in [0.717, 1.165) is 5.56 Å². The molecular formula is C24H25N3O4. The molecule has 0 atom stereocenters. The third-order valence-corrected chi connectivity index (χ3v) is 5.40. The van der Waals surface area contributed by atoms with Crippen LogP contribution in [0.4, 0.5) is 0 Å². The highest BCUT2D eigenvalue weighted by molar-refractivity contribution is 5.94. The van der Waals surface area contributed by atoms with E-state index in [1.807, 2.05) is 36.4 Å². The van der Waals surface area contributed by atoms with Crippen molar-refractivity contribution < 1.29 is 18.7 Å². The van der Waals surface area contributed by atoms with E-state index in [0.29, 0.717) is 62.0 Å². The summed E-state index contributed by atoms with van der Waals surface area (Å²) in [5, 5.41) is 0. The van der Waals surface area contributed by atoms with Gasteiger partial charge in [-0.25, -0.2) is 4.98 Å². The summed E-state index contributed by atoms with van der Waals surface area (Å²) >= 11 is 0. The van der Waals surface area contributed by atoms with Gasteiger partial charge in [-0.3, -0.25) is 9.59 Å². The third kappa shape index (κ3) is 4.94. The van der Waals surface area contributed by atoms with Gasteiger partial charge in [0.25, 0.3) is 5.91 Å². The first-order valence-corrected chi connectivity index (χ1v) is 10.4. The van der Waals surface area contributed by atoms with Crippen molar-refractivity contribution >= 4 is 11.8 Å². The first-order valence-electron chi connectivity index (χ1n) is 10.4. The van der Waals surface area contributed by atoms with Crippen molar-refractivity contribution in [2.45, 2.75) is 12.8 Å². The van der Waals surface area contributed by atoms with E-state index < -0.39 is 0 Å². The van der Waals surface area contributed by atoms with Gasteiger partial charge >= 0.3 is 0 Å². The van der Waals surface area contributed by atoms with Crippen LogP contribution in [-0.2, 0) is 11.2 Å². The standard InChI is InChI=1S/C24H25N3O4/c1-30-20-9-5-8-19(16-20)24(29)27-14-12-26(13-15-27)23(28)11-10-22-25-17-21(31-22)18-6-3-2-4-7-18/h2-9,16-17H,10-15H2,1H3. The number of methoxy groups -OCH3 is 1. The molecule has 0 radical (unpaired) electrons. The molecular weight excluding hydrogens is 394 g/mol. The highest BCUT2D eigenvalue weighted by atomic mass is 16.5. The molecule has 0 bridgehead atoms. The summed E-state index contributed by atoms with van der Waals surface area (Å²) in [7, 11) is 1.58.